The molecule has 170 valence electrons. The van der Waals surface area contributed by atoms with Crippen LogP contribution in [0.1, 0.15) is 83.7 Å². The number of aliphatic imine (C=N–C) groups is 1. The van der Waals surface area contributed by atoms with Gasteiger partial charge in [-0.05, 0) is 50.5 Å². The molecule has 3 unspecified atom stereocenters. The topological polar surface area (TPSA) is 27.6 Å². The minimum atomic E-state index is 0.387. The molecule has 5 heteroatoms. The first-order chi connectivity index (χ1) is 14.9. The van der Waals surface area contributed by atoms with Crippen molar-refractivity contribution in [2.75, 3.05) is 19.3 Å². The number of nitrogens with zero attached hydrogens (tertiary/aromatic N) is 2. The predicted molar refractivity (Wildman–Crippen MR) is 141 cm³/mol. The van der Waals surface area contributed by atoms with Gasteiger partial charge in [0.15, 0.2) is 5.17 Å². The van der Waals surface area contributed by atoms with Crippen molar-refractivity contribution < 1.29 is 0 Å². The van der Waals surface area contributed by atoms with Gasteiger partial charge in [0.05, 0.1) is 6.54 Å². The maximum absolute atomic E-state index is 5.86. The van der Waals surface area contributed by atoms with Crippen LogP contribution in [0.15, 0.2) is 41.5 Å². The van der Waals surface area contributed by atoms with Gasteiger partial charge in [-0.2, -0.15) is 0 Å². The van der Waals surface area contributed by atoms with E-state index in [1.54, 1.807) is 11.8 Å². The average molecular weight is 440 g/mol. The largest absolute Gasteiger partial charge is 0.339 e. The summed E-state index contributed by atoms with van der Waals surface area (Å²) in [5.41, 5.74) is 3.24. The fourth-order valence-corrected chi connectivity index (χ4v) is 4.97. The molecule has 1 aromatic carbocycles. The van der Waals surface area contributed by atoms with Gasteiger partial charge in [0.2, 0.25) is 0 Å². The van der Waals surface area contributed by atoms with E-state index in [1.807, 2.05) is 12.1 Å². The number of likely N-dealkylation sites (tertiary alicyclic amines) is 1. The molecule has 0 bridgehead atoms. The summed E-state index contributed by atoms with van der Waals surface area (Å²) in [6.07, 6.45) is 12.2. The molecular weight excluding hydrogens is 397 g/mol. The highest BCUT2D eigenvalue weighted by Gasteiger charge is 2.29. The van der Waals surface area contributed by atoms with E-state index in [-0.39, 0.29) is 0 Å². The van der Waals surface area contributed by atoms with Gasteiger partial charge in [-0.25, -0.2) is 0 Å². The van der Waals surface area contributed by atoms with Gasteiger partial charge in [-0.15, -0.1) is 0 Å². The number of thioether (sulfide) groups is 1. The number of unbranched alkanes of at least 4 members (excludes halogenated alkanes) is 3. The van der Waals surface area contributed by atoms with Gasteiger partial charge in [0, 0.05) is 17.8 Å². The molecule has 1 saturated heterocycles. The van der Waals surface area contributed by atoms with E-state index in [9.17, 15) is 0 Å². The van der Waals surface area contributed by atoms with Gasteiger partial charge in [0.1, 0.15) is 7.85 Å². The zero-order valence-electron chi connectivity index (χ0n) is 20.2. The maximum Gasteiger partial charge on any atom is 0.160 e. The number of benzene rings is 1. The van der Waals surface area contributed by atoms with E-state index in [4.69, 9.17) is 12.8 Å². The van der Waals surface area contributed by atoms with Gasteiger partial charge in [0.25, 0.3) is 0 Å². The van der Waals surface area contributed by atoms with Crippen LogP contribution >= 0.6 is 11.8 Å². The van der Waals surface area contributed by atoms with Crippen molar-refractivity contribution in [3.63, 3.8) is 0 Å². The Morgan fingerprint density at radius 3 is 2.68 bits per heavy atom. The van der Waals surface area contributed by atoms with Crippen LogP contribution < -0.4 is 10.8 Å². The molecule has 3 nitrogen and oxygen atoms in total. The van der Waals surface area contributed by atoms with Crippen LogP contribution in [0.25, 0.3) is 0 Å². The SMILES string of the molecule is [B]c1ccc(C(C)N2CCCC2CN=C(NC(=C)CC(C)CCCCCC)SC)cc1. The second-order valence-corrected chi connectivity index (χ2v) is 9.91. The number of rotatable bonds is 12. The first kappa shape index (κ1) is 26.1. The number of hydrogen-bond acceptors (Lipinski definition) is 3. The van der Waals surface area contributed by atoms with Crippen LogP contribution in [0.3, 0.4) is 0 Å². The molecule has 0 spiro atoms. The first-order valence-electron chi connectivity index (χ1n) is 12.1. The maximum atomic E-state index is 5.86. The average Bonchev–Trinajstić information content (AvgIpc) is 3.22. The van der Waals surface area contributed by atoms with Crippen LogP contribution in [-0.2, 0) is 0 Å². The van der Waals surface area contributed by atoms with Crippen LogP contribution in [0.4, 0.5) is 0 Å². The monoisotopic (exact) mass is 439 g/mol. The fraction of sp³-hybridized carbons (Fsp3) is 0.654. The lowest BCUT2D eigenvalue weighted by molar-refractivity contribution is 0.197. The Morgan fingerprint density at radius 1 is 1.26 bits per heavy atom. The fourth-order valence-electron chi connectivity index (χ4n) is 4.52. The third-order valence-corrected chi connectivity index (χ3v) is 7.02. The van der Waals surface area contributed by atoms with Gasteiger partial charge >= 0.3 is 0 Å². The Balaban J connectivity index is 1.84. The second-order valence-electron chi connectivity index (χ2n) is 9.11. The summed E-state index contributed by atoms with van der Waals surface area (Å²) in [6, 6.07) is 9.18. The highest BCUT2D eigenvalue weighted by Crippen LogP contribution is 2.29. The van der Waals surface area contributed by atoms with E-state index in [2.05, 4.69) is 56.0 Å². The normalized spacial score (nSPS) is 19.4. The van der Waals surface area contributed by atoms with Crippen molar-refractivity contribution in [1.29, 1.82) is 0 Å². The summed E-state index contributed by atoms with van der Waals surface area (Å²) >= 11 is 1.69. The molecule has 1 N–H and O–H groups in total. The Hall–Kier alpha value is -1.20. The lowest BCUT2D eigenvalue weighted by atomic mass is 9.93. The van der Waals surface area contributed by atoms with E-state index in [1.165, 1.54) is 50.5 Å². The number of nitrogens with one attached hydrogen (secondary N) is 1. The second kappa shape index (κ2) is 14.1. The molecule has 1 aliphatic rings. The molecule has 1 heterocycles. The molecule has 0 saturated carbocycles. The third kappa shape index (κ3) is 9.06. The van der Waals surface area contributed by atoms with Crippen molar-refractivity contribution in [2.45, 2.75) is 84.2 Å². The summed E-state index contributed by atoms with van der Waals surface area (Å²) in [7, 11) is 5.86. The minimum absolute atomic E-state index is 0.387. The molecule has 0 aromatic heterocycles. The molecule has 31 heavy (non-hydrogen) atoms. The lowest BCUT2D eigenvalue weighted by Gasteiger charge is -2.30. The van der Waals surface area contributed by atoms with Crippen LogP contribution in [-0.4, -0.2) is 43.3 Å². The van der Waals surface area contributed by atoms with Crippen molar-refractivity contribution in [2.24, 2.45) is 10.9 Å². The van der Waals surface area contributed by atoms with Gasteiger partial charge < -0.3 is 5.32 Å². The number of hydrogen-bond donors (Lipinski definition) is 1. The minimum Gasteiger partial charge on any atom is -0.339 e. The highest BCUT2D eigenvalue weighted by atomic mass is 32.2. The number of allylic oxidation sites excluding steroid dienone is 1. The molecule has 1 aliphatic heterocycles. The Morgan fingerprint density at radius 2 is 2.00 bits per heavy atom. The summed E-state index contributed by atoms with van der Waals surface area (Å²) in [6.45, 7) is 13.1. The van der Waals surface area contributed by atoms with Crippen LogP contribution in [0, 0.1) is 5.92 Å². The van der Waals surface area contributed by atoms with E-state index < -0.39 is 0 Å². The van der Waals surface area contributed by atoms with Crippen molar-refractivity contribution >= 4 is 30.2 Å². The smallest absolute Gasteiger partial charge is 0.160 e. The summed E-state index contributed by atoms with van der Waals surface area (Å²) in [5, 5.41) is 4.49. The van der Waals surface area contributed by atoms with E-state index >= 15 is 0 Å². The molecule has 2 radical (unpaired) electrons. The van der Waals surface area contributed by atoms with Crippen molar-refractivity contribution in [1.82, 2.24) is 10.2 Å². The van der Waals surface area contributed by atoms with Gasteiger partial charge in [-0.1, -0.05) is 94.0 Å². The van der Waals surface area contributed by atoms with Crippen LogP contribution in [0.5, 0.6) is 0 Å². The summed E-state index contributed by atoms with van der Waals surface area (Å²) in [5.74, 6) is 0.672. The zero-order chi connectivity index (χ0) is 22.6. The van der Waals surface area contributed by atoms with Crippen LogP contribution in [0.2, 0.25) is 0 Å². The molecular formula is C26H42BN3S. The standard InChI is InChI=1S/C26H42BN3S/c1-6-7-8-9-11-20(2)18-21(3)29-26(31-5)28-19-25-12-10-17-30(25)22(4)23-13-15-24(27)16-14-23/h13-16,20,22,25H,3,6-12,17-19H2,1-2,4-5H3,(H,28,29). The Kier molecular flexibility index (Phi) is 11.8. The lowest BCUT2D eigenvalue weighted by Crippen LogP contribution is -2.35. The summed E-state index contributed by atoms with van der Waals surface area (Å²) in [4.78, 5) is 7.54. The Bertz CT molecular complexity index is 688. The first-order valence-corrected chi connectivity index (χ1v) is 13.3. The summed E-state index contributed by atoms with van der Waals surface area (Å²) < 4.78 is 0. The van der Waals surface area contributed by atoms with E-state index in [0.717, 1.165) is 35.8 Å². The predicted octanol–water partition coefficient (Wildman–Crippen LogP) is 5.82. The quantitative estimate of drug-likeness (QED) is 0.192. The molecule has 0 aliphatic carbocycles. The molecule has 2 rings (SSSR count). The Labute approximate surface area is 197 Å². The third-order valence-electron chi connectivity index (χ3n) is 6.41. The highest BCUT2D eigenvalue weighted by molar-refractivity contribution is 8.13. The van der Waals surface area contributed by atoms with Gasteiger partial charge in [-0.3, -0.25) is 9.89 Å². The molecule has 1 aromatic rings. The molecule has 1 fully saturated rings. The number of amidine groups is 1. The van der Waals surface area contributed by atoms with Crippen molar-refractivity contribution in [3.8, 4) is 0 Å². The molecule has 0 amide bonds. The van der Waals surface area contributed by atoms with E-state index in [0.29, 0.717) is 18.0 Å². The van der Waals surface area contributed by atoms with Crippen molar-refractivity contribution in [3.05, 3.63) is 42.1 Å². The molecule has 3 atom stereocenters. The zero-order valence-corrected chi connectivity index (χ0v) is 21.0.